The molecule has 0 saturated carbocycles. The highest BCUT2D eigenvalue weighted by molar-refractivity contribution is 7.99. The highest BCUT2D eigenvalue weighted by Gasteiger charge is 2.23. The van der Waals surface area contributed by atoms with Gasteiger partial charge in [0.1, 0.15) is 5.69 Å². The summed E-state index contributed by atoms with van der Waals surface area (Å²) >= 11 is 1.15. The van der Waals surface area contributed by atoms with E-state index in [4.69, 9.17) is 0 Å². The molecule has 0 fully saturated rings. The van der Waals surface area contributed by atoms with E-state index in [1.165, 1.54) is 9.25 Å². The number of thioether (sulfide) groups is 1. The summed E-state index contributed by atoms with van der Waals surface area (Å²) in [5.74, 6) is -0.0101. The molecule has 2 heterocycles. The van der Waals surface area contributed by atoms with E-state index in [1.54, 1.807) is 55.1 Å². The molecule has 0 N–H and O–H groups in total. The van der Waals surface area contributed by atoms with Crippen LogP contribution < -0.4 is 11.1 Å². The maximum atomic E-state index is 13.7. The number of hydrogen-bond acceptors (Lipinski definition) is 5. The minimum Gasteiger partial charge on any atom is -0.293 e. The summed E-state index contributed by atoms with van der Waals surface area (Å²) in [6.45, 7) is 1.79. The Kier molecular flexibility index (Phi) is 5.96. The lowest BCUT2D eigenvalue weighted by atomic mass is 10.2. The topological polar surface area (TPSA) is 78.9 Å². The zero-order valence-corrected chi connectivity index (χ0v) is 20.0. The van der Waals surface area contributed by atoms with Gasteiger partial charge in [-0.25, -0.2) is 14.2 Å². The van der Waals surface area contributed by atoms with E-state index in [0.717, 1.165) is 11.8 Å². The monoisotopic (exact) mass is 482 g/mol. The molecule has 0 unspecified atom stereocenters. The number of nitrogens with zero attached hydrogens (tertiary/aromatic N) is 4. The minimum absolute atomic E-state index is 0.0769. The number of ketones is 1. The van der Waals surface area contributed by atoms with Crippen molar-refractivity contribution in [1.82, 2.24) is 18.9 Å². The molecule has 0 bridgehead atoms. The van der Waals surface area contributed by atoms with Crippen LogP contribution in [-0.2, 0) is 7.05 Å². The fourth-order valence-electron chi connectivity index (χ4n) is 4.06. The summed E-state index contributed by atoms with van der Waals surface area (Å²) in [6.07, 6.45) is 0. The van der Waals surface area contributed by atoms with Gasteiger partial charge in [-0.2, -0.15) is 0 Å². The van der Waals surface area contributed by atoms with E-state index in [-0.39, 0.29) is 28.3 Å². The van der Waals surface area contributed by atoms with Crippen LogP contribution in [0.15, 0.2) is 99.7 Å². The Hall–Kier alpha value is -4.17. The Labute approximate surface area is 205 Å². The van der Waals surface area contributed by atoms with Crippen LogP contribution >= 0.6 is 11.8 Å². The van der Waals surface area contributed by atoms with E-state index in [2.05, 4.69) is 4.98 Å². The van der Waals surface area contributed by atoms with E-state index in [1.807, 2.05) is 48.5 Å². The number of carbonyl (C=O) groups excluding carboxylic acids is 1. The van der Waals surface area contributed by atoms with E-state index < -0.39 is 0 Å². The summed E-state index contributed by atoms with van der Waals surface area (Å²) in [7, 11) is 1.78. The van der Waals surface area contributed by atoms with Gasteiger partial charge in [0.2, 0.25) is 0 Å². The lowest BCUT2D eigenvalue weighted by molar-refractivity contribution is 0.102. The van der Waals surface area contributed by atoms with Crippen molar-refractivity contribution in [2.24, 2.45) is 7.05 Å². The van der Waals surface area contributed by atoms with Crippen LogP contribution in [0, 0.1) is 6.92 Å². The molecule has 8 heteroatoms. The third kappa shape index (κ3) is 4.02. The maximum Gasteiger partial charge on any atom is 0.296 e. The first-order chi connectivity index (χ1) is 17.0. The first kappa shape index (κ1) is 22.6. The second-order valence-corrected chi connectivity index (χ2v) is 8.98. The van der Waals surface area contributed by atoms with E-state index in [0.29, 0.717) is 33.0 Å². The second-order valence-electron chi connectivity index (χ2n) is 8.04. The van der Waals surface area contributed by atoms with Crippen molar-refractivity contribution >= 4 is 28.4 Å². The Morgan fingerprint density at radius 2 is 1.49 bits per heavy atom. The van der Waals surface area contributed by atoms with E-state index in [9.17, 15) is 14.4 Å². The lowest BCUT2D eigenvalue weighted by Gasteiger charge is -2.12. The number of rotatable bonds is 6. The predicted octanol–water partition coefficient (Wildman–Crippen LogP) is 4.16. The maximum absolute atomic E-state index is 13.7. The van der Waals surface area contributed by atoms with Gasteiger partial charge < -0.3 is 0 Å². The molecular weight excluding hydrogens is 460 g/mol. The van der Waals surface area contributed by atoms with Crippen LogP contribution in [-0.4, -0.2) is 30.5 Å². The SMILES string of the molecule is Cc1c(-n2c(SCC(=O)c3ccccc3)nc3ccccc3c2=O)c(=O)n(-c2ccccc2)n1C. The van der Waals surface area contributed by atoms with Crippen molar-refractivity contribution in [3.8, 4) is 11.4 Å². The zero-order valence-electron chi connectivity index (χ0n) is 19.2. The minimum atomic E-state index is -0.351. The zero-order chi connectivity index (χ0) is 24.5. The van der Waals surface area contributed by atoms with Crippen molar-refractivity contribution in [2.75, 3.05) is 5.75 Å². The van der Waals surface area contributed by atoms with Gasteiger partial charge in [-0.1, -0.05) is 72.4 Å². The van der Waals surface area contributed by atoms with Gasteiger partial charge >= 0.3 is 0 Å². The smallest absolute Gasteiger partial charge is 0.293 e. The number of Topliss-reactive ketones (excluding diaryl/α,β-unsaturated/α-hetero) is 1. The summed E-state index contributed by atoms with van der Waals surface area (Å²) in [5.41, 5.74) is 1.91. The van der Waals surface area contributed by atoms with Crippen LogP contribution in [0.4, 0.5) is 0 Å². The van der Waals surface area contributed by atoms with Gasteiger partial charge in [-0.3, -0.25) is 19.1 Å². The molecule has 0 aliphatic rings. The molecule has 5 aromatic rings. The largest absolute Gasteiger partial charge is 0.296 e. The number of benzene rings is 3. The number of fused-ring (bicyclic) bond motifs is 1. The van der Waals surface area contributed by atoms with Crippen molar-refractivity contribution < 1.29 is 4.79 Å². The van der Waals surface area contributed by atoms with E-state index >= 15 is 0 Å². The fourth-order valence-corrected chi connectivity index (χ4v) is 4.95. The van der Waals surface area contributed by atoms with Crippen LogP contribution in [0.2, 0.25) is 0 Å². The molecular formula is C27H22N4O3S. The van der Waals surface area contributed by atoms with Gasteiger partial charge in [0.05, 0.1) is 28.0 Å². The second kappa shape index (κ2) is 9.23. The van der Waals surface area contributed by atoms with Gasteiger partial charge in [0.15, 0.2) is 10.9 Å². The van der Waals surface area contributed by atoms with Crippen LogP contribution in [0.5, 0.6) is 0 Å². The van der Waals surface area contributed by atoms with Crippen molar-refractivity contribution in [3.63, 3.8) is 0 Å². The third-order valence-electron chi connectivity index (χ3n) is 5.92. The molecule has 35 heavy (non-hydrogen) atoms. The van der Waals surface area contributed by atoms with Gasteiger partial charge in [-0.05, 0) is 31.2 Å². The number of hydrogen-bond donors (Lipinski definition) is 0. The number of carbonyl (C=O) groups is 1. The molecule has 3 aromatic carbocycles. The first-order valence-electron chi connectivity index (χ1n) is 11.0. The molecule has 0 aliphatic heterocycles. The third-order valence-corrected chi connectivity index (χ3v) is 6.86. The molecule has 0 amide bonds. The average molecular weight is 483 g/mol. The highest BCUT2D eigenvalue weighted by atomic mass is 32.2. The predicted molar refractivity (Wildman–Crippen MR) is 138 cm³/mol. The molecule has 0 atom stereocenters. The van der Waals surface area contributed by atoms with Crippen LogP contribution in [0.3, 0.4) is 0 Å². The first-order valence-corrected chi connectivity index (χ1v) is 12.0. The molecule has 0 aliphatic carbocycles. The van der Waals surface area contributed by atoms with Gasteiger partial charge in [-0.15, -0.1) is 0 Å². The molecule has 7 nitrogen and oxygen atoms in total. The molecule has 0 spiro atoms. The quantitative estimate of drug-likeness (QED) is 0.206. The molecule has 0 radical (unpaired) electrons. The Bertz CT molecular complexity index is 1670. The summed E-state index contributed by atoms with van der Waals surface area (Å²) < 4.78 is 4.59. The Morgan fingerprint density at radius 1 is 0.857 bits per heavy atom. The van der Waals surface area contributed by atoms with Crippen LogP contribution in [0.25, 0.3) is 22.3 Å². The molecule has 5 rings (SSSR count). The van der Waals surface area contributed by atoms with Crippen LogP contribution in [0.1, 0.15) is 16.1 Å². The number of aromatic nitrogens is 4. The fraction of sp³-hybridized carbons (Fsp3) is 0.111. The van der Waals surface area contributed by atoms with Gasteiger partial charge in [0.25, 0.3) is 11.1 Å². The molecule has 0 saturated heterocycles. The Balaban J connectivity index is 1.69. The average Bonchev–Trinajstić information content (AvgIpc) is 3.11. The molecule has 2 aromatic heterocycles. The van der Waals surface area contributed by atoms with Crippen molar-refractivity contribution in [3.05, 3.63) is 117 Å². The summed E-state index contributed by atoms with van der Waals surface area (Å²) in [4.78, 5) is 44.9. The number of para-hydroxylation sites is 2. The van der Waals surface area contributed by atoms with Gasteiger partial charge in [0, 0.05) is 12.6 Å². The Morgan fingerprint density at radius 3 is 2.20 bits per heavy atom. The summed E-state index contributed by atoms with van der Waals surface area (Å²) in [6, 6.07) is 25.2. The lowest BCUT2D eigenvalue weighted by Crippen LogP contribution is -2.28. The normalized spacial score (nSPS) is 11.1. The molecule has 174 valence electrons. The van der Waals surface area contributed by atoms with Crippen molar-refractivity contribution in [1.29, 1.82) is 0 Å². The summed E-state index contributed by atoms with van der Waals surface area (Å²) in [5, 5.41) is 0.698. The standard InChI is InChI=1S/C27H22N4O3S/c1-18-24(26(34)31(29(18)2)20-13-7-4-8-14-20)30-25(33)21-15-9-10-16-22(21)28-27(30)35-17-23(32)19-11-5-3-6-12-19/h3-16H,17H2,1-2H3. The highest BCUT2D eigenvalue weighted by Crippen LogP contribution is 2.23. The van der Waals surface area contributed by atoms with Crippen molar-refractivity contribution in [2.45, 2.75) is 12.1 Å².